The predicted molar refractivity (Wildman–Crippen MR) is 113 cm³/mol. The van der Waals surface area contributed by atoms with E-state index in [0.717, 1.165) is 19.6 Å². The number of hydrogen-bond acceptors (Lipinski definition) is 7. The molecule has 4 rings (SSSR count). The first-order chi connectivity index (χ1) is 14.2. The van der Waals surface area contributed by atoms with E-state index in [1.54, 1.807) is 19.4 Å². The van der Waals surface area contributed by atoms with Crippen LogP contribution in [0.1, 0.15) is 19.3 Å². The van der Waals surface area contributed by atoms with Gasteiger partial charge >= 0.3 is 0 Å². The van der Waals surface area contributed by atoms with Crippen molar-refractivity contribution in [2.75, 3.05) is 38.6 Å². The normalized spacial score (nSPS) is 16.0. The minimum Gasteiger partial charge on any atom is -0.490 e. The number of hydrogen-bond donors (Lipinski definition) is 3. The molecule has 3 heterocycles. The third-order valence-corrected chi connectivity index (χ3v) is 5.99. The molecule has 0 radical (unpaired) electrons. The smallest absolute Gasteiger partial charge is 0.182 e. The zero-order chi connectivity index (χ0) is 20.1. The van der Waals surface area contributed by atoms with Crippen LogP contribution in [0.3, 0.4) is 0 Å². The standard InChI is InChI=1S/C19H25N7O2S/c1-20-29(27)14-5-6-16(28-10-9-26-7-3-2-4-8-26)15(11-14)25-19-17-18(22-12-21-17)23-13-24-19/h5-6,11-13,20H,2-4,7-10H2,1H3,(H2,21,22,23,24,25). The fraction of sp³-hybridized carbons (Fsp3) is 0.421. The number of anilines is 2. The Labute approximate surface area is 171 Å². The molecule has 1 unspecified atom stereocenters. The Kier molecular flexibility index (Phi) is 6.33. The van der Waals surface area contributed by atoms with Gasteiger partial charge in [0, 0.05) is 6.54 Å². The van der Waals surface area contributed by atoms with E-state index >= 15 is 0 Å². The molecule has 1 fully saturated rings. The van der Waals surface area contributed by atoms with Crippen LogP contribution in [0.5, 0.6) is 5.75 Å². The summed E-state index contributed by atoms with van der Waals surface area (Å²) in [5, 5.41) is 3.29. The molecule has 29 heavy (non-hydrogen) atoms. The first-order valence-corrected chi connectivity index (χ1v) is 10.9. The van der Waals surface area contributed by atoms with Crippen LogP contribution in [0, 0.1) is 0 Å². The summed E-state index contributed by atoms with van der Waals surface area (Å²) in [6.07, 6.45) is 6.86. The van der Waals surface area contributed by atoms with Gasteiger partial charge in [-0.15, -0.1) is 0 Å². The van der Waals surface area contributed by atoms with Gasteiger partial charge in [0.1, 0.15) is 35.2 Å². The van der Waals surface area contributed by atoms with Crippen molar-refractivity contribution in [2.45, 2.75) is 24.2 Å². The fourth-order valence-corrected chi connectivity index (χ4v) is 4.07. The third-order valence-electron chi connectivity index (χ3n) is 4.94. The maximum atomic E-state index is 12.2. The minimum atomic E-state index is -1.30. The Hall–Kier alpha value is -2.56. The molecular weight excluding hydrogens is 390 g/mol. The van der Waals surface area contributed by atoms with Crippen molar-refractivity contribution in [1.29, 1.82) is 0 Å². The average molecular weight is 416 g/mol. The number of H-pyrrole nitrogens is 1. The minimum absolute atomic E-state index is 0.574. The van der Waals surface area contributed by atoms with Crippen LogP contribution in [0.4, 0.5) is 11.5 Å². The lowest BCUT2D eigenvalue weighted by atomic mass is 10.1. The van der Waals surface area contributed by atoms with Gasteiger partial charge in [0.25, 0.3) is 0 Å². The van der Waals surface area contributed by atoms with E-state index in [4.69, 9.17) is 4.74 Å². The number of aromatic amines is 1. The monoisotopic (exact) mass is 415 g/mol. The van der Waals surface area contributed by atoms with Gasteiger partial charge in [-0.25, -0.2) is 23.9 Å². The van der Waals surface area contributed by atoms with Crippen molar-refractivity contribution in [3.63, 3.8) is 0 Å². The summed E-state index contributed by atoms with van der Waals surface area (Å²) >= 11 is 0. The summed E-state index contributed by atoms with van der Waals surface area (Å²) in [4.78, 5) is 18.7. The number of nitrogens with one attached hydrogen (secondary N) is 3. The summed E-state index contributed by atoms with van der Waals surface area (Å²) in [6, 6.07) is 5.46. The summed E-state index contributed by atoms with van der Waals surface area (Å²) in [5.41, 5.74) is 1.97. The van der Waals surface area contributed by atoms with Gasteiger partial charge in [-0.2, -0.15) is 0 Å². The molecule has 3 N–H and O–H groups in total. The molecular formula is C19H25N7O2S. The largest absolute Gasteiger partial charge is 0.490 e. The second-order valence-electron chi connectivity index (χ2n) is 6.83. The first kappa shape index (κ1) is 19.7. The van der Waals surface area contributed by atoms with Crippen LogP contribution in [0.15, 0.2) is 35.7 Å². The highest BCUT2D eigenvalue weighted by Crippen LogP contribution is 2.31. The van der Waals surface area contributed by atoms with Gasteiger partial charge in [-0.1, -0.05) is 6.42 Å². The van der Waals surface area contributed by atoms with Gasteiger partial charge in [0.05, 0.1) is 16.9 Å². The number of rotatable bonds is 8. The number of likely N-dealkylation sites (tertiary alicyclic amines) is 1. The molecule has 3 aromatic rings. The van der Waals surface area contributed by atoms with E-state index in [0.29, 0.717) is 39.9 Å². The number of benzene rings is 1. The molecule has 0 aliphatic carbocycles. The number of ether oxygens (including phenoxy) is 1. The number of nitrogens with zero attached hydrogens (tertiary/aromatic N) is 4. The first-order valence-electron chi connectivity index (χ1n) is 9.74. The Morgan fingerprint density at radius 2 is 2.07 bits per heavy atom. The topological polar surface area (TPSA) is 108 Å². The number of aromatic nitrogens is 4. The highest BCUT2D eigenvalue weighted by Gasteiger charge is 2.14. The molecule has 10 heteroatoms. The van der Waals surface area contributed by atoms with Crippen LogP contribution in [0.25, 0.3) is 11.2 Å². The Morgan fingerprint density at radius 1 is 1.21 bits per heavy atom. The van der Waals surface area contributed by atoms with Gasteiger partial charge < -0.3 is 15.0 Å². The van der Waals surface area contributed by atoms with Crippen molar-refractivity contribution < 1.29 is 8.95 Å². The molecule has 154 valence electrons. The van der Waals surface area contributed by atoms with Crippen molar-refractivity contribution in [2.24, 2.45) is 0 Å². The highest BCUT2D eigenvalue weighted by molar-refractivity contribution is 7.83. The second-order valence-corrected chi connectivity index (χ2v) is 8.25. The lowest BCUT2D eigenvalue weighted by molar-refractivity contribution is 0.184. The van der Waals surface area contributed by atoms with E-state index in [9.17, 15) is 4.21 Å². The Bertz CT molecular complexity index is 988. The van der Waals surface area contributed by atoms with Crippen LogP contribution < -0.4 is 14.8 Å². The summed E-state index contributed by atoms with van der Waals surface area (Å²) < 4.78 is 21.0. The molecule has 0 saturated carbocycles. The third kappa shape index (κ3) is 4.72. The molecule has 2 aromatic heterocycles. The molecule has 1 aliphatic rings. The lowest BCUT2D eigenvalue weighted by Crippen LogP contribution is -2.33. The molecule has 0 spiro atoms. The predicted octanol–water partition coefficient (Wildman–Crippen LogP) is 2.20. The molecule has 1 saturated heterocycles. The average Bonchev–Trinajstić information content (AvgIpc) is 3.25. The number of piperidine rings is 1. The number of fused-ring (bicyclic) bond motifs is 1. The molecule has 1 atom stereocenters. The zero-order valence-corrected chi connectivity index (χ0v) is 17.2. The molecule has 0 bridgehead atoms. The lowest BCUT2D eigenvalue weighted by Gasteiger charge is -2.26. The fourth-order valence-electron chi connectivity index (χ4n) is 3.42. The van der Waals surface area contributed by atoms with E-state index < -0.39 is 11.0 Å². The maximum Gasteiger partial charge on any atom is 0.182 e. The van der Waals surface area contributed by atoms with E-state index in [1.807, 2.05) is 12.1 Å². The molecule has 1 aliphatic heterocycles. The molecule has 1 aromatic carbocycles. The molecule has 9 nitrogen and oxygen atoms in total. The van der Waals surface area contributed by atoms with Crippen LogP contribution in [0.2, 0.25) is 0 Å². The van der Waals surface area contributed by atoms with Gasteiger partial charge in [0.2, 0.25) is 0 Å². The summed E-state index contributed by atoms with van der Waals surface area (Å²) in [5.74, 6) is 1.27. The van der Waals surface area contributed by atoms with Crippen LogP contribution in [-0.2, 0) is 11.0 Å². The highest BCUT2D eigenvalue weighted by atomic mass is 32.2. The SMILES string of the molecule is CNS(=O)c1ccc(OCCN2CCCCC2)c(Nc2ncnc3nc[nH]c23)c1. The van der Waals surface area contributed by atoms with E-state index in [2.05, 4.69) is 34.9 Å². The van der Waals surface area contributed by atoms with Gasteiger partial charge in [0.15, 0.2) is 11.5 Å². The molecule has 0 amide bonds. The van der Waals surface area contributed by atoms with Gasteiger partial charge in [-0.3, -0.25) is 4.90 Å². The van der Waals surface area contributed by atoms with Gasteiger partial charge in [-0.05, 0) is 51.2 Å². The summed E-state index contributed by atoms with van der Waals surface area (Å²) in [7, 11) is 0.355. The maximum absolute atomic E-state index is 12.2. The van der Waals surface area contributed by atoms with Crippen molar-refractivity contribution in [1.82, 2.24) is 29.6 Å². The Balaban J connectivity index is 1.55. The van der Waals surface area contributed by atoms with Crippen molar-refractivity contribution >= 4 is 33.7 Å². The van der Waals surface area contributed by atoms with E-state index in [1.165, 1.54) is 25.6 Å². The van der Waals surface area contributed by atoms with Crippen LogP contribution >= 0.6 is 0 Å². The van der Waals surface area contributed by atoms with Crippen LogP contribution in [-0.4, -0.2) is 62.3 Å². The van der Waals surface area contributed by atoms with Crippen molar-refractivity contribution in [3.05, 3.63) is 30.9 Å². The van der Waals surface area contributed by atoms with E-state index in [-0.39, 0.29) is 0 Å². The second kappa shape index (κ2) is 9.29. The Morgan fingerprint density at radius 3 is 2.90 bits per heavy atom. The summed E-state index contributed by atoms with van der Waals surface area (Å²) in [6.45, 7) is 3.74. The quantitative estimate of drug-likeness (QED) is 0.518. The number of imidazole rings is 1. The zero-order valence-electron chi connectivity index (χ0n) is 16.4. The van der Waals surface area contributed by atoms with Crippen molar-refractivity contribution in [3.8, 4) is 5.75 Å².